The Morgan fingerprint density at radius 3 is 2.00 bits per heavy atom. The van der Waals surface area contributed by atoms with Gasteiger partial charge < -0.3 is 15.2 Å². The van der Waals surface area contributed by atoms with E-state index < -0.39 is 6.36 Å². The standard InChI is InChI=1S/C16H16F3NO2/c1-11(20)13-4-8-14(9-5-13)21-10-12-2-6-15(7-3-12)22-16(17,18)19/h2-9,11H,10,20H2,1H3/t11-/m0/s1. The van der Waals surface area contributed by atoms with E-state index in [0.29, 0.717) is 5.75 Å². The third kappa shape index (κ3) is 4.96. The molecule has 0 unspecified atom stereocenters. The van der Waals surface area contributed by atoms with Gasteiger partial charge in [-0.1, -0.05) is 24.3 Å². The van der Waals surface area contributed by atoms with E-state index in [4.69, 9.17) is 10.5 Å². The first-order chi connectivity index (χ1) is 10.3. The third-order valence-corrected chi connectivity index (χ3v) is 2.97. The SMILES string of the molecule is C[C@H](N)c1ccc(OCc2ccc(OC(F)(F)F)cc2)cc1. The van der Waals surface area contributed by atoms with E-state index in [9.17, 15) is 13.2 Å². The van der Waals surface area contributed by atoms with Crippen LogP contribution in [0.5, 0.6) is 11.5 Å². The Balaban J connectivity index is 1.91. The van der Waals surface area contributed by atoms with Crippen LogP contribution >= 0.6 is 0 Å². The Bertz CT molecular complexity index is 592. The van der Waals surface area contributed by atoms with E-state index in [0.717, 1.165) is 11.1 Å². The van der Waals surface area contributed by atoms with Crippen LogP contribution in [0.4, 0.5) is 13.2 Å². The van der Waals surface area contributed by atoms with Gasteiger partial charge in [-0.15, -0.1) is 13.2 Å². The first-order valence-electron chi connectivity index (χ1n) is 6.66. The lowest BCUT2D eigenvalue weighted by Crippen LogP contribution is -2.17. The number of halogens is 3. The Labute approximate surface area is 126 Å². The molecule has 118 valence electrons. The zero-order valence-electron chi connectivity index (χ0n) is 11.9. The molecule has 0 bridgehead atoms. The molecular weight excluding hydrogens is 295 g/mol. The lowest BCUT2D eigenvalue weighted by Gasteiger charge is -2.11. The van der Waals surface area contributed by atoms with Crippen molar-refractivity contribution in [3.8, 4) is 11.5 Å². The summed E-state index contributed by atoms with van der Waals surface area (Å²) in [6.07, 6.45) is -4.68. The Morgan fingerprint density at radius 1 is 0.955 bits per heavy atom. The smallest absolute Gasteiger partial charge is 0.489 e. The van der Waals surface area contributed by atoms with Gasteiger partial charge in [0.05, 0.1) is 0 Å². The molecule has 0 saturated carbocycles. The maximum Gasteiger partial charge on any atom is 0.573 e. The predicted molar refractivity (Wildman–Crippen MR) is 76.5 cm³/mol. The number of benzene rings is 2. The summed E-state index contributed by atoms with van der Waals surface area (Å²) >= 11 is 0. The summed E-state index contributed by atoms with van der Waals surface area (Å²) in [4.78, 5) is 0. The second kappa shape index (κ2) is 6.70. The van der Waals surface area contributed by atoms with Crippen molar-refractivity contribution in [2.45, 2.75) is 25.9 Å². The summed E-state index contributed by atoms with van der Waals surface area (Å²) in [5, 5.41) is 0. The van der Waals surface area contributed by atoms with E-state index in [1.165, 1.54) is 24.3 Å². The second-order valence-corrected chi connectivity index (χ2v) is 4.84. The third-order valence-electron chi connectivity index (χ3n) is 2.97. The highest BCUT2D eigenvalue weighted by Gasteiger charge is 2.30. The van der Waals surface area contributed by atoms with Crippen molar-refractivity contribution >= 4 is 0 Å². The van der Waals surface area contributed by atoms with Crippen LogP contribution < -0.4 is 15.2 Å². The molecule has 22 heavy (non-hydrogen) atoms. The van der Waals surface area contributed by atoms with Crippen LogP contribution in [0.15, 0.2) is 48.5 Å². The fourth-order valence-electron chi connectivity index (χ4n) is 1.82. The van der Waals surface area contributed by atoms with Gasteiger partial charge in [0, 0.05) is 6.04 Å². The van der Waals surface area contributed by atoms with Gasteiger partial charge in [0.25, 0.3) is 0 Å². The van der Waals surface area contributed by atoms with Crippen LogP contribution in [-0.4, -0.2) is 6.36 Å². The molecule has 0 aromatic heterocycles. The number of nitrogens with two attached hydrogens (primary N) is 1. The Morgan fingerprint density at radius 2 is 1.50 bits per heavy atom. The molecule has 2 N–H and O–H groups in total. The molecule has 0 saturated heterocycles. The van der Waals surface area contributed by atoms with Gasteiger partial charge in [-0.3, -0.25) is 0 Å². The highest BCUT2D eigenvalue weighted by Crippen LogP contribution is 2.23. The quantitative estimate of drug-likeness (QED) is 0.900. The van der Waals surface area contributed by atoms with Crippen molar-refractivity contribution in [2.24, 2.45) is 5.73 Å². The van der Waals surface area contributed by atoms with E-state index in [1.54, 1.807) is 12.1 Å². The Hall–Kier alpha value is -2.21. The minimum Gasteiger partial charge on any atom is -0.489 e. The normalized spacial score (nSPS) is 12.8. The average molecular weight is 311 g/mol. The van der Waals surface area contributed by atoms with Crippen LogP contribution in [0.25, 0.3) is 0 Å². The van der Waals surface area contributed by atoms with Gasteiger partial charge >= 0.3 is 6.36 Å². The fourth-order valence-corrected chi connectivity index (χ4v) is 1.82. The van der Waals surface area contributed by atoms with Crippen molar-refractivity contribution in [3.63, 3.8) is 0 Å². The molecule has 0 heterocycles. The molecule has 0 amide bonds. The molecule has 0 aliphatic rings. The second-order valence-electron chi connectivity index (χ2n) is 4.84. The summed E-state index contributed by atoms with van der Waals surface area (Å²) in [6.45, 7) is 2.14. The average Bonchev–Trinajstić information content (AvgIpc) is 2.45. The zero-order valence-corrected chi connectivity index (χ0v) is 11.9. The van der Waals surface area contributed by atoms with Crippen molar-refractivity contribution in [2.75, 3.05) is 0 Å². The molecule has 2 rings (SSSR count). The van der Waals surface area contributed by atoms with Gasteiger partial charge in [-0.2, -0.15) is 0 Å². The van der Waals surface area contributed by atoms with Crippen LogP contribution in [0.2, 0.25) is 0 Å². The first kappa shape index (κ1) is 16.2. The van der Waals surface area contributed by atoms with E-state index >= 15 is 0 Å². The number of ether oxygens (including phenoxy) is 2. The van der Waals surface area contributed by atoms with Gasteiger partial charge in [-0.05, 0) is 42.3 Å². The number of rotatable bonds is 5. The highest BCUT2D eigenvalue weighted by atomic mass is 19.4. The van der Waals surface area contributed by atoms with Crippen molar-refractivity contribution < 1.29 is 22.6 Å². The molecule has 0 radical (unpaired) electrons. The van der Waals surface area contributed by atoms with Crippen LogP contribution in [0, 0.1) is 0 Å². The van der Waals surface area contributed by atoms with E-state index in [-0.39, 0.29) is 18.4 Å². The predicted octanol–water partition coefficient (Wildman–Crippen LogP) is 4.18. The number of hydrogen-bond donors (Lipinski definition) is 1. The largest absolute Gasteiger partial charge is 0.573 e. The molecule has 2 aromatic carbocycles. The van der Waals surface area contributed by atoms with Crippen LogP contribution in [-0.2, 0) is 6.61 Å². The molecule has 0 aliphatic carbocycles. The number of hydrogen-bond acceptors (Lipinski definition) is 3. The van der Waals surface area contributed by atoms with Crippen LogP contribution in [0.3, 0.4) is 0 Å². The van der Waals surface area contributed by atoms with Crippen LogP contribution in [0.1, 0.15) is 24.1 Å². The molecular formula is C16H16F3NO2. The summed E-state index contributed by atoms with van der Waals surface area (Å²) < 4.78 is 45.5. The monoisotopic (exact) mass is 311 g/mol. The summed E-state index contributed by atoms with van der Waals surface area (Å²) in [5.41, 5.74) is 7.50. The first-order valence-corrected chi connectivity index (χ1v) is 6.66. The molecule has 1 atom stereocenters. The summed E-state index contributed by atoms with van der Waals surface area (Å²) in [7, 11) is 0. The minimum atomic E-state index is -4.68. The molecule has 0 fully saturated rings. The van der Waals surface area contributed by atoms with E-state index in [2.05, 4.69) is 4.74 Å². The lowest BCUT2D eigenvalue weighted by molar-refractivity contribution is -0.274. The highest BCUT2D eigenvalue weighted by molar-refractivity contribution is 5.30. The molecule has 0 spiro atoms. The molecule has 3 nitrogen and oxygen atoms in total. The van der Waals surface area contributed by atoms with Gasteiger partial charge in [-0.25, -0.2) is 0 Å². The molecule has 6 heteroatoms. The summed E-state index contributed by atoms with van der Waals surface area (Å²) in [5.74, 6) is 0.414. The minimum absolute atomic E-state index is 0.0461. The zero-order chi connectivity index (χ0) is 16.2. The summed E-state index contributed by atoms with van der Waals surface area (Å²) in [6, 6.07) is 12.9. The van der Waals surface area contributed by atoms with Gasteiger partial charge in [0.1, 0.15) is 18.1 Å². The maximum absolute atomic E-state index is 12.0. The van der Waals surface area contributed by atoms with Crippen molar-refractivity contribution in [1.29, 1.82) is 0 Å². The molecule has 0 aliphatic heterocycles. The van der Waals surface area contributed by atoms with Gasteiger partial charge in [0.2, 0.25) is 0 Å². The molecule has 2 aromatic rings. The maximum atomic E-state index is 12.0. The Kier molecular flexibility index (Phi) is 4.92. The van der Waals surface area contributed by atoms with E-state index in [1.807, 2.05) is 19.1 Å². The fraction of sp³-hybridized carbons (Fsp3) is 0.250. The number of alkyl halides is 3. The topological polar surface area (TPSA) is 44.5 Å². The van der Waals surface area contributed by atoms with Crippen molar-refractivity contribution in [3.05, 3.63) is 59.7 Å². The lowest BCUT2D eigenvalue weighted by atomic mass is 10.1. The van der Waals surface area contributed by atoms with Gasteiger partial charge in [0.15, 0.2) is 0 Å². The van der Waals surface area contributed by atoms with Crippen molar-refractivity contribution in [1.82, 2.24) is 0 Å².